The SMILES string of the molecule is Cc1c(C(N)=O)sc(NC(=O)c2cnn3c(C(F)F)cc(-c4ccccc4)nc23)c1C(=O)OC(C)C. The standard InChI is InChI=1S/C24H21F2N5O4S/c1-11(2)35-24(34)17-12(3)18(20(27)32)36-23(17)30-22(33)14-10-28-31-16(19(25)26)9-15(29-21(14)31)13-7-5-4-6-8-13/h4-11,19H,1-3H3,(H2,27,32)(H,30,33). The minimum Gasteiger partial charge on any atom is -0.459 e. The van der Waals surface area contributed by atoms with E-state index < -0.39 is 36.0 Å². The Morgan fingerprint density at radius 2 is 1.86 bits per heavy atom. The fourth-order valence-corrected chi connectivity index (χ4v) is 4.63. The van der Waals surface area contributed by atoms with Crippen molar-refractivity contribution in [3.05, 3.63) is 69.9 Å². The first-order valence-electron chi connectivity index (χ1n) is 10.8. The van der Waals surface area contributed by atoms with Crippen LogP contribution in [0.15, 0.2) is 42.6 Å². The van der Waals surface area contributed by atoms with Crippen LogP contribution in [0.1, 0.15) is 61.9 Å². The van der Waals surface area contributed by atoms with E-state index in [0.29, 0.717) is 5.56 Å². The fourth-order valence-electron chi connectivity index (χ4n) is 3.58. The molecule has 0 saturated heterocycles. The van der Waals surface area contributed by atoms with Crippen LogP contribution in [0, 0.1) is 6.92 Å². The maximum atomic E-state index is 13.8. The summed E-state index contributed by atoms with van der Waals surface area (Å²) in [6.45, 7) is 4.83. The second kappa shape index (κ2) is 9.82. The third-order valence-electron chi connectivity index (χ3n) is 5.18. The summed E-state index contributed by atoms with van der Waals surface area (Å²) in [7, 11) is 0. The summed E-state index contributed by atoms with van der Waals surface area (Å²) < 4.78 is 33.8. The monoisotopic (exact) mass is 513 g/mol. The van der Waals surface area contributed by atoms with Crippen LogP contribution in [0.4, 0.5) is 13.8 Å². The Labute approximate surface area is 207 Å². The van der Waals surface area contributed by atoms with E-state index >= 15 is 0 Å². The molecule has 1 aromatic carbocycles. The van der Waals surface area contributed by atoms with E-state index in [1.54, 1.807) is 44.2 Å². The molecule has 2 amide bonds. The molecule has 3 heterocycles. The number of hydrogen-bond acceptors (Lipinski definition) is 7. The third kappa shape index (κ3) is 4.67. The molecule has 0 unspecified atom stereocenters. The molecule has 0 aliphatic heterocycles. The number of carbonyl (C=O) groups excluding carboxylic acids is 3. The number of thiophene rings is 1. The lowest BCUT2D eigenvalue weighted by Gasteiger charge is -2.10. The minimum atomic E-state index is -2.88. The first kappa shape index (κ1) is 24.9. The van der Waals surface area contributed by atoms with E-state index in [1.807, 2.05) is 0 Å². The van der Waals surface area contributed by atoms with Crippen molar-refractivity contribution >= 4 is 39.8 Å². The van der Waals surface area contributed by atoms with Crippen LogP contribution >= 0.6 is 11.3 Å². The molecule has 0 bridgehead atoms. The zero-order chi connectivity index (χ0) is 26.1. The largest absolute Gasteiger partial charge is 0.459 e. The van der Waals surface area contributed by atoms with Crippen LogP contribution in [0.5, 0.6) is 0 Å². The molecule has 0 radical (unpaired) electrons. The van der Waals surface area contributed by atoms with Gasteiger partial charge < -0.3 is 15.8 Å². The normalized spacial score (nSPS) is 11.3. The number of carbonyl (C=O) groups is 3. The molecule has 12 heteroatoms. The molecule has 4 aromatic rings. The van der Waals surface area contributed by atoms with Gasteiger partial charge in [0.2, 0.25) is 0 Å². The van der Waals surface area contributed by atoms with E-state index in [0.717, 1.165) is 22.0 Å². The summed E-state index contributed by atoms with van der Waals surface area (Å²) in [5.74, 6) is -2.28. The number of rotatable bonds is 7. The van der Waals surface area contributed by atoms with Crippen molar-refractivity contribution in [2.45, 2.75) is 33.3 Å². The van der Waals surface area contributed by atoms with Gasteiger partial charge in [-0.25, -0.2) is 23.1 Å². The number of hydrogen-bond donors (Lipinski definition) is 2. The van der Waals surface area contributed by atoms with Crippen LogP contribution in [0.25, 0.3) is 16.9 Å². The summed E-state index contributed by atoms with van der Waals surface area (Å²) in [6, 6.07) is 9.87. The van der Waals surface area contributed by atoms with Crippen molar-refractivity contribution in [2.24, 2.45) is 5.73 Å². The molecular formula is C24H21F2N5O4S. The van der Waals surface area contributed by atoms with Crippen LogP contribution in [0.3, 0.4) is 0 Å². The number of aromatic nitrogens is 3. The van der Waals surface area contributed by atoms with E-state index in [2.05, 4.69) is 15.4 Å². The molecule has 0 saturated carbocycles. The Bertz CT molecular complexity index is 1480. The number of esters is 1. The van der Waals surface area contributed by atoms with Crippen LogP contribution in [-0.4, -0.2) is 38.5 Å². The van der Waals surface area contributed by atoms with Crippen molar-refractivity contribution in [3.8, 4) is 11.3 Å². The summed E-state index contributed by atoms with van der Waals surface area (Å²) in [6.07, 6.45) is -2.23. The lowest BCUT2D eigenvalue weighted by Crippen LogP contribution is -2.17. The average molecular weight is 514 g/mol. The second-order valence-corrected chi connectivity index (χ2v) is 9.08. The number of amides is 2. The molecule has 3 N–H and O–H groups in total. The predicted molar refractivity (Wildman–Crippen MR) is 129 cm³/mol. The fraction of sp³-hybridized carbons (Fsp3) is 0.208. The predicted octanol–water partition coefficient (Wildman–Crippen LogP) is 4.62. The van der Waals surface area contributed by atoms with Crippen molar-refractivity contribution in [3.63, 3.8) is 0 Å². The van der Waals surface area contributed by atoms with Gasteiger partial charge in [0.25, 0.3) is 18.2 Å². The van der Waals surface area contributed by atoms with E-state index in [4.69, 9.17) is 10.5 Å². The Morgan fingerprint density at radius 1 is 1.17 bits per heavy atom. The number of ether oxygens (including phenoxy) is 1. The van der Waals surface area contributed by atoms with E-state index in [-0.39, 0.29) is 37.9 Å². The molecular weight excluding hydrogens is 492 g/mol. The summed E-state index contributed by atoms with van der Waals surface area (Å²) in [4.78, 5) is 42.3. The number of halogens is 2. The number of nitrogens with one attached hydrogen (secondary N) is 1. The van der Waals surface area contributed by atoms with Crippen molar-refractivity contribution < 1.29 is 27.9 Å². The van der Waals surface area contributed by atoms with Gasteiger partial charge in [-0.1, -0.05) is 30.3 Å². The van der Waals surface area contributed by atoms with Gasteiger partial charge in [-0.15, -0.1) is 11.3 Å². The molecule has 0 spiro atoms. The molecule has 9 nitrogen and oxygen atoms in total. The highest BCUT2D eigenvalue weighted by atomic mass is 32.1. The molecule has 4 rings (SSSR count). The molecule has 36 heavy (non-hydrogen) atoms. The zero-order valence-corrected chi connectivity index (χ0v) is 20.2. The van der Waals surface area contributed by atoms with Gasteiger partial charge in [-0.3, -0.25) is 9.59 Å². The molecule has 186 valence electrons. The highest BCUT2D eigenvalue weighted by Crippen LogP contribution is 2.34. The topological polar surface area (TPSA) is 129 Å². The molecule has 0 fully saturated rings. The lowest BCUT2D eigenvalue weighted by atomic mass is 10.1. The van der Waals surface area contributed by atoms with Gasteiger partial charge in [0.15, 0.2) is 5.65 Å². The van der Waals surface area contributed by atoms with Gasteiger partial charge in [-0.2, -0.15) is 5.10 Å². The third-order valence-corrected chi connectivity index (χ3v) is 6.40. The molecule has 0 atom stereocenters. The molecule has 3 aromatic heterocycles. The van der Waals surface area contributed by atoms with Gasteiger partial charge in [0.1, 0.15) is 16.3 Å². The van der Waals surface area contributed by atoms with Gasteiger partial charge in [0, 0.05) is 5.56 Å². The quantitative estimate of drug-likeness (QED) is 0.347. The summed E-state index contributed by atoms with van der Waals surface area (Å²) in [5.41, 5.74) is 5.84. The van der Waals surface area contributed by atoms with Crippen LogP contribution in [-0.2, 0) is 4.74 Å². The maximum absolute atomic E-state index is 13.8. The lowest BCUT2D eigenvalue weighted by molar-refractivity contribution is 0.0379. The number of benzene rings is 1. The van der Waals surface area contributed by atoms with Gasteiger partial charge in [-0.05, 0) is 32.4 Å². The van der Waals surface area contributed by atoms with Crippen LogP contribution in [0.2, 0.25) is 0 Å². The Morgan fingerprint density at radius 3 is 2.47 bits per heavy atom. The number of primary amides is 1. The maximum Gasteiger partial charge on any atom is 0.341 e. The second-order valence-electron chi connectivity index (χ2n) is 8.06. The number of nitrogens with zero attached hydrogens (tertiary/aromatic N) is 3. The highest BCUT2D eigenvalue weighted by Gasteiger charge is 2.28. The van der Waals surface area contributed by atoms with Crippen molar-refractivity contribution in [1.82, 2.24) is 14.6 Å². The van der Waals surface area contributed by atoms with E-state index in [1.165, 1.54) is 13.0 Å². The Kier molecular flexibility index (Phi) is 6.80. The summed E-state index contributed by atoms with van der Waals surface area (Å²) >= 11 is 0.814. The van der Waals surface area contributed by atoms with Gasteiger partial charge >= 0.3 is 5.97 Å². The minimum absolute atomic E-state index is 0.0153. The zero-order valence-electron chi connectivity index (χ0n) is 19.4. The van der Waals surface area contributed by atoms with E-state index in [9.17, 15) is 23.2 Å². The smallest absolute Gasteiger partial charge is 0.341 e. The van der Waals surface area contributed by atoms with Crippen molar-refractivity contribution in [2.75, 3.05) is 5.32 Å². The number of nitrogens with two attached hydrogens (primary N) is 1. The average Bonchev–Trinajstić information content (AvgIpc) is 3.39. The Hall–Kier alpha value is -4.19. The Balaban J connectivity index is 1.80. The van der Waals surface area contributed by atoms with Gasteiger partial charge in [0.05, 0.1) is 28.4 Å². The number of alkyl halides is 2. The van der Waals surface area contributed by atoms with Crippen LogP contribution < -0.4 is 11.1 Å². The van der Waals surface area contributed by atoms with Crippen molar-refractivity contribution in [1.29, 1.82) is 0 Å². The molecule has 0 aliphatic rings. The highest BCUT2D eigenvalue weighted by molar-refractivity contribution is 7.18. The first-order valence-corrected chi connectivity index (χ1v) is 11.6. The summed E-state index contributed by atoms with van der Waals surface area (Å²) in [5, 5.41) is 6.54. The number of anilines is 1. The number of fused-ring (bicyclic) bond motifs is 1. The molecule has 0 aliphatic carbocycles. The first-order chi connectivity index (χ1) is 17.1.